The minimum atomic E-state index is -3.36. The maximum atomic E-state index is 12.1. The highest BCUT2D eigenvalue weighted by atomic mass is 32.2. The van der Waals surface area contributed by atoms with Crippen LogP contribution in [-0.2, 0) is 14.8 Å². The van der Waals surface area contributed by atoms with E-state index in [2.05, 4.69) is 4.72 Å². The summed E-state index contributed by atoms with van der Waals surface area (Å²) in [6, 6.07) is 11.8. The average molecular weight is 403 g/mol. The Morgan fingerprint density at radius 1 is 1.07 bits per heavy atom. The van der Waals surface area contributed by atoms with Gasteiger partial charge in [0.15, 0.2) is 0 Å². The van der Waals surface area contributed by atoms with E-state index in [0.29, 0.717) is 17.1 Å². The van der Waals surface area contributed by atoms with Crippen molar-refractivity contribution in [2.45, 2.75) is 19.9 Å². The number of hydrogen-bond acceptors (Lipinski definition) is 4. The second-order valence-electron chi connectivity index (χ2n) is 6.79. The third-order valence-corrected chi connectivity index (χ3v) is 5.11. The van der Waals surface area contributed by atoms with Gasteiger partial charge in [-0.25, -0.2) is 13.2 Å². The summed E-state index contributed by atoms with van der Waals surface area (Å²) in [7, 11) is -3.36. The van der Waals surface area contributed by atoms with Crippen LogP contribution in [0.25, 0.3) is 11.1 Å². The lowest BCUT2D eigenvalue weighted by Gasteiger charge is -2.39. The summed E-state index contributed by atoms with van der Waals surface area (Å²) >= 11 is 0. The molecule has 0 radical (unpaired) electrons. The standard InChI is InChI=1S/C19H21N3O5S/c1-12-11-21(19(24)25)18-10-15(6-9-17(18)22(12)13(2)23)14-4-7-16(8-5-14)20-28(3,26)27/h4-10,12,20H,11H2,1-3H3,(H,24,25)/t12-/m0/s1. The van der Waals surface area contributed by atoms with Gasteiger partial charge in [-0.05, 0) is 42.3 Å². The summed E-state index contributed by atoms with van der Waals surface area (Å²) in [6.07, 6.45) is -0.00623. The number of carbonyl (C=O) groups is 2. The van der Waals surface area contributed by atoms with Crippen LogP contribution in [-0.4, -0.2) is 44.4 Å². The third-order valence-electron chi connectivity index (χ3n) is 4.50. The fourth-order valence-electron chi connectivity index (χ4n) is 3.41. The zero-order chi connectivity index (χ0) is 20.6. The highest BCUT2D eigenvalue weighted by molar-refractivity contribution is 7.92. The summed E-state index contributed by atoms with van der Waals surface area (Å²) in [5.74, 6) is -0.150. The first-order valence-corrected chi connectivity index (χ1v) is 10.5. The first-order valence-electron chi connectivity index (χ1n) is 8.59. The van der Waals surface area contributed by atoms with E-state index < -0.39 is 16.1 Å². The van der Waals surface area contributed by atoms with Crippen molar-refractivity contribution >= 4 is 39.1 Å². The average Bonchev–Trinajstić information content (AvgIpc) is 2.59. The van der Waals surface area contributed by atoms with Gasteiger partial charge in [0.05, 0.1) is 23.7 Å². The van der Waals surface area contributed by atoms with Crippen molar-refractivity contribution in [2.75, 3.05) is 27.3 Å². The van der Waals surface area contributed by atoms with E-state index in [-0.39, 0.29) is 18.5 Å². The Bertz CT molecular complexity index is 1030. The number of benzene rings is 2. The van der Waals surface area contributed by atoms with Gasteiger partial charge in [0, 0.05) is 19.2 Å². The number of amides is 2. The Labute approximate surface area is 163 Å². The third kappa shape index (κ3) is 3.94. The monoisotopic (exact) mass is 403 g/mol. The first kappa shape index (κ1) is 19.7. The molecule has 0 aromatic heterocycles. The number of nitrogens with zero attached hydrogens (tertiary/aromatic N) is 2. The molecule has 28 heavy (non-hydrogen) atoms. The Kier molecular flexibility index (Phi) is 5.03. The smallest absolute Gasteiger partial charge is 0.411 e. The molecule has 0 saturated heterocycles. The van der Waals surface area contributed by atoms with Crippen molar-refractivity contribution in [1.82, 2.24) is 0 Å². The van der Waals surface area contributed by atoms with Crippen LogP contribution in [0.4, 0.5) is 21.9 Å². The van der Waals surface area contributed by atoms with E-state index in [4.69, 9.17) is 0 Å². The van der Waals surface area contributed by atoms with Crippen LogP contribution in [0.15, 0.2) is 42.5 Å². The number of fused-ring (bicyclic) bond motifs is 1. The minimum Gasteiger partial charge on any atom is -0.465 e. The normalized spacial score (nSPS) is 16.5. The van der Waals surface area contributed by atoms with E-state index in [1.165, 1.54) is 11.8 Å². The summed E-state index contributed by atoms with van der Waals surface area (Å²) in [4.78, 5) is 26.6. The number of nitrogens with one attached hydrogen (secondary N) is 1. The highest BCUT2D eigenvalue weighted by Gasteiger charge is 2.33. The van der Waals surface area contributed by atoms with E-state index in [1.54, 1.807) is 41.3 Å². The van der Waals surface area contributed by atoms with Crippen molar-refractivity contribution in [1.29, 1.82) is 0 Å². The molecule has 9 heteroatoms. The summed E-state index contributed by atoms with van der Waals surface area (Å²) in [6.45, 7) is 3.45. The lowest BCUT2D eigenvalue weighted by Crippen LogP contribution is -2.51. The minimum absolute atomic E-state index is 0.150. The number of carboxylic acid groups (broad SMARTS) is 1. The molecular formula is C19H21N3O5S. The van der Waals surface area contributed by atoms with Crippen LogP contribution in [0, 0.1) is 0 Å². The van der Waals surface area contributed by atoms with Gasteiger partial charge in [-0.3, -0.25) is 14.4 Å². The molecule has 2 aromatic rings. The summed E-state index contributed by atoms with van der Waals surface area (Å²) in [5.41, 5.74) is 2.98. The van der Waals surface area contributed by atoms with Crippen LogP contribution < -0.4 is 14.5 Å². The van der Waals surface area contributed by atoms with E-state index in [0.717, 1.165) is 17.4 Å². The molecule has 0 bridgehead atoms. The predicted molar refractivity (Wildman–Crippen MR) is 108 cm³/mol. The molecule has 0 aliphatic carbocycles. The van der Waals surface area contributed by atoms with Crippen molar-refractivity contribution < 1.29 is 23.1 Å². The van der Waals surface area contributed by atoms with Gasteiger partial charge in [0.25, 0.3) is 0 Å². The second kappa shape index (κ2) is 7.16. The zero-order valence-corrected chi connectivity index (χ0v) is 16.5. The summed E-state index contributed by atoms with van der Waals surface area (Å²) in [5, 5.41) is 9.59. The van der Waals surface area contributed by atoms with Gasteiger partial charge in [-0.15, -0.1) is 0 Å². The number of anilines is 3. The molecule has 2 aromatic carbocycles. The molecule has 2 amide bonds. The van der Waals surface area contributed by atoms with Crippen LogP contribution in [0.5, 0.6) is 0 Å². The number of rotatable bonds is 3. The van der Waals surface area contributed by atoms with Crippen LogP contribution in [0.2, 0.25) is 0 Å². The SMILES string of the molecule is CC(=O)N1c2ccc(-c3ccc(NS(C)(=O)=O)cc3)cc2N(C(=O)O)C[C@@H]1C. The maximum Gasteiger partial charge on any atom is 0.411 e. The number of carbonyl (C=O) groups excluding carboxylic acids is 1. The number of sulfonamides is 1. The van der Waals surface area contributed by atoms with E-state index in [9.17, 15) is 23.1 Å². The topological polar surface area (TPSA) is 107 Å². The van der Waals surface area contributed by atoms with E-state index in [1.807, 2.05) is 13.0 Å². The van der Waals surface area contributed by atoms with Gasteiger partial charge < -0.3 is 10.0 Å². The van der Waals surface area contributed by atoms with Crippen LogP contribution in [0.3, 0.4) is 0 Å². The van der Waals surface area contributed by atoms with Crippen LogP contribution in [0.1, 0.15) is 13.8 Å². The second-order valence-corrected chi connectivity index (χ2v) is 8.53. The fraction of sp³-hybridized carbons (Fsp3) is 0.263. The van der Waals surface area contributed by atoms with Gasteiger partial charge in [0.1, 0.15) is 0 Å². The fourth-order valence-corrected chi connectivity index (χ4v) is 3.97. The quantitative estimate of drug-likeness (QED) is 0.819. The van der Waals surface area contributed by atoms with Crippen molar-refractivity contribution in [3.05, 3.63) is 42.5 Å². The summed E-state index contributed by atoms with van der Waals surface area (Å²) < 4.78 is 25.0. The first-order chi connectivity index (χ1) is 13.1. The molecule has 2 N–H and O–H groups in total. The lowest BCUT2D eigenvalue weighted by atomic mass is 10.0. The van der Waals surface area contributed by atoms with Crippen molar-refractivity contribution in [3.8, 4) is 11.1 Å². The molecule has 1 atom stereocenters. The molecule has 148 valence electrons. The lowest BCUT2D eigenvalue weighted by molar-refractivity contribution is -0.117. The molecule has 3 rings (SSSR count). The number of hydrogen-bond donors (Lipinski definition) is 2. The Morgan fingerprint density at radius 2 is 1.68 bits per heavy atom. The molecule has 8 nitrogen and oxygen atoms in total. The molecular weight excluding hydrogens is 382 g/mol. The van der Waals surface area contributed by atoms with Crippen LogP contribution >= 0.6 is 0 Å². The molecule has 1 heterocycles. The largest absolute Gasteiger partial charge is 0.465 e. The van der Waals surface area contributed by atoms with Crippen molar-refractivity contribution in [2.24, 2.45) is 0 Å². The molecule has 1 aliphatic heterocycles. The molecule has 0 unspecified atom stereocenters. The molecule has 0 fully saturated rings. The Morgan fingerprint density at radius 3 is 2.21 bits per heavy atom. The Hall–Kier alpha value is -3.07. The van der Waals surface area contributed by atoms with Gasteiger partial charge >= 0.3 is 6.09 Å². The highest BCUT2D eigenvalue weighted by Crippen LogP contribution is 2.39. The van der Waals surface area contributed by atoms with Gasteiger partial charge in [0.2, 0.25) is 15.9 Å². The van der Waals surface area contributed by atoms with Gasteiger partial charge in [-0.1, -0.05) is 18.2 Å². The predicted octanol–water partition coefficient (Wildman–Crippen LogP) is 2.96. The zero-order valence-electron chi connectivity index (χ0n) is 15.7. The molecule has 0 spiro atoms. The maximum absolute atomic E-state index is 12.1. The molecule has 0 saturated carbocycles. The van der Waals surface area contributed by atoms with Crippen molar-refractivity contribution in [3.63, 3.8) is 0 Å². The Balaban J connectivity index is 2.02. The molecule has 1 aliphatic rings. The van der Waals surface area contributed by atoms with Gasteiger partial charge in [-0.2, -0.15) is 0 Å². The van der Waals surface area contributed by atoms with E-state index >= 15 is 0 Å².